The summed E-state index contributed by atoms with van der Waals surface area (Å²) in [6, 6.07) is 6.75. The number of allylic oxidation sites excluding steroid dienone is 1. The van der Waals surface area contributed by atoms with Gasteiger partial charge in [0, 0.05) is 37.2 Å². The second-order valence-corrected chi connectivity index (χ2v) is 5.61. The minimum atomic E-state index is 0.484. The summed E-state index contributed by atoms with van der Waals surface area (Å²) in [5.74, 6) is 0. The number of piperazine rings is 1. The molecule has 1 atom stereocenters. The van der Waals surface area contributed by atoms with E-state index in [1.165, 1.54) is 11.1 Å². The van der Waals surface area contributed by atoms with Crippen LogP contribution in [-0.2, 0) is 0 Å². The van der Waals surface area contributed by atoms with E-state index in [0.29, 0.717) is 6.04 Å². The first-order valence-corrected chi connectivity index (χ1v) is 7.42. The van der Waals surface area contributed by atoms with Gasteiger partial charge >= 0.3 is 0 Å². The van der Waals surface area contributed by atoms with Crippen LogP contribution < -0.4 is 5.32 Å². The molecule has 2 rings (SSSR count). The molecule has 1 aromatic rings. The quantitative estimate of drug-likeness (QED) is 0.829. The SMILES string of the molecule is C=CCC[C@@H](c1ccc(Cl)cc1C)N1CCNCC1. The Kier molecular flexibility index (Phi) is 5.44. The highest BCUT2D eigenvalue weighted by molar-refractivity contribution is 6.30. The van der Waals surface area contributed by atoms with Gasteiger partial charge in [-0.1, -0.05) is 23.7 Å². The summed E-state index contributed by atoms with van der Waals surface area (Å²) in [7, 11) is 0. The number of halogens is 1. The van der Waals surface area contributed by atoms with Gasteiger partial charge < -0.3 is 5.32 Å². The lowest BCUT2D eigenvalue weighted by atomic mass is 9.95. The van der Waals surface area contributed by atoms with Gasteiger partial charge in [0.05, 0.1) is 0 Å². The zero-order valence-electron chi connectivity index (χ0n) is 11.7. The van der Waals surface area contributed by atoms with E-state index in [0.717, 1.165) is 44.0 Å². The monoisotopic (exact) mass is 278 g/mol. The van der Waals surface area contributed by atoms with Crippen molar-refractivity contribution in [2.75, 3.05) is 26.2 Å². The molecule has 1 aliphatic rings. The summed E-state index contributed by atoms with van der Waals surface area (Å²) in [6.45, 7) is 10.4. The zero-order valence-corrected chi connectivity index (χ0v) is 12.4. The van der Waals surface area contributed by atoms with Crippen molar-refractivity contribution < 1.29 is 0 Å². The van der Waals surface area contributed by atoms with Crippen molar-refractivity contribution in [2.45, 2.75) is 25.8 Å². The van der Waals surface area contributed by atoms with Crippen molar-refractivity contribution in [3.8, 4) is 0 Å². The Bertz CT molecular complexity index is 425. The molecule has 0 amide bonds. The molecule has 0 radical (unpaired) electrons. The van der Waals surface area contributed by atoms with Gasteiger partial charge in [-0.2, -0.15) is 0 Å². The van der Waals surface area contributed by atoms with Gasteiger partial charge in [-0.3, -0.25) is 4.90 Å². The van der Waals surface area contributed by atoms with Crippen LogP contribution >= 0.6 is 11.6 Å². The number of aryl methyl sites for hydroxylation is 1. The molecule has 0 saturated carbocycles. The first-order chi connectivity index (χ1) is 9.22. The highest BCUT2D eigenvalue weighted by Crippen LogP contribution is 2.30. The summed E-state index contributed by atoms with van der Waals surface area (Å²) in [5, 5.41) is 4.24. The largest absolute Gasteiger partial charge is 0.314 e. The average molecular weight is 279 g/mol. The minimum absolute atomic E-state index is 0.484. The van der Waals surface area contributed by atoms with E-state index < -0.39 is 0 Å². The number of hydrogen-bond donors (Lipinski definition) is 1. The van der Waals surface area contributed by atoms with Crippen molar-refractivity contribution in [1.82, 2.24) is 10.2 Å². The molecule has 0 spiro atoms. The van der Waals surface area contributed by atoms with E-state index in [9.17, 15) is 0 Å². The third-order valence-corrected chi connectivity index (χ3v) is 4.06. The molecule has 1 N–H and O–H groups in total. The lowest BCUT2D eigenvalue weighted by Gasteiger charge is -2.36. The van der Waals surface area contributed by atoms with Gasteiger partial charge in [0.15, 0.2) is 0 Å². The Morgan fingerprint density at radius 1 is 1.42 bits per heavy atom. The van der Waals surface area contributed by atoms with Gasteiger partial charge in [-0.05, 0) is 43.0 Å². The van der Waals surface area contributed by atoms with Gasteiger partial charge in [0.1, 0.15) is 0 Å². The Hall–Kier alpha value is -0.830. The molecule has 104 valence electrons. The van der Waals surface area contributed by atoms with Gasteiger partial charge in [0.25, 0.3) is 0 Å². The van der Waals surface area contributed by atoms with E-state index in [4.69, 9.17) is 11.6 Å². The Morgan fingerprint density at radius 3 is 2.79 bits per heavy atom. The summed E-state index contributed by atoms with van der Waals surface area (Å²) in [6.07, 6.45) is 4.20. The maximum Gasteiger partial charge on any atom is 0.0408 e. The van der Waals surface area contributed by atoms with Crippen molar-refractivity contribution in [3.05, 3.63) is 47.0 Å². The Balaban J connectivity index is 2.22. The third kappa shape index (κ3) is 3.82. The van der Waals surface area contributed by atoms with Gasteiger partial charge in [-0.25, -0.2) is 0 Å². The predicted octanol–water partition coefficient (Wildman–Crippen LogP) is 3.56. The van der Waals surface area contributed by atoms with Crippen molar-refractivity contribution >= 4 is 11.6 Å². The van der Waals surface area contributed by atoms with Crippen LogP contribution in [0.4, 0.5) is 0 Å². The molecule has 0 aromatic heterocycles. The summed E-state index contributed by atoms with van der Waals surface area (Å²) in [4.78, 5) is 2.58. The fourth-order valence-corrected chi connectivity index (χ4v) is 3.04. The van der Waals surface area contributed by atoms with E-state index >= 15 is 0 Å². The number of rotatable bonds is 5. The molecule has 1 heterocycles. The van der Waals surface area contributed by atoms with E-state index in [-0.39, 0.29) is 0 Å². The first-order valence-electron chi connectivity index (χ1n) is 7.04. The fraction of sp³-hybridized carbons (Fsp3) is 0.500. The lowest BCUT2D eigenvalue weighted by Crippen LogP contribution is -2.45. The molecule has 19 heavy (non-hydrogen) atoms. The molecule has 1 aromatic carbocycles. The molecule has 0 unspecified atom stereocenters. The minimum Gasteiger partial charge on any atom is -0.314 e. The Morgan fingerprint density at radius 2 is 2.16 bits per heavy atom. The normalized spacial score (nSPS) is 18.2. The number of nitrogens with zero attached hydrogens (tertiary/aromatic N) is 1. The summed E-state index contributed by atoms with van der Waals surface area (Å²) >= 11 is 6.07. The molecule has 2 nitrogen and oxygen atoms in total. The number of nitrogens with one attached hydrogen (secondary N) is 1. The molecule has 1 aliphatic heterocycles. The van der Waals surface area contributed by atoms with Crippen molar-refractivity contribution in [3.63, 3.8) is 0 Å². The molecule has 1 saturated heterocycles. The highest BCUT2D eigenvalue weighted by Gasteiger charge is 2.22. The van der Waals surface area contributed by atoms with Crippen molar-refractivity contribution in [1.29, 1.82) is 0 Å². The molecule has 3 heteroatoms. The van der Waals surface area contributed by atoms with Crippen LogP contribution in [-0.4, -0.2) is 31.1 Å². The van der Waals surface area contributed by atoms with E-state index in [1.807, 2.05) is 12.1 Å². The average Bonchev–Trinajstić information content (AvgIpc) is 2.42. The van der Waals surface area contributed by atoms with Gasteiger partial charge in [-0.15, -0.1) is 6.58 Å². The second-order valence-electron chi connectivity index (χ2n) is 5.17. The maximum absolute atomic E-state index is 6.07. The van der Waals surface area contributed by atoms with Crippen LogP contribution in [0, 0.1) is 6.92 Å². The standard InChI is InChI=1S/C16H23ClN2/c1-3-4-5-16(19-10-8-18-9-11-19)15-7-6-14(17)12-13(15)2/h3,6-7,12,16,18H,1,4-5,8-11H2,2H3/t16-/m0/s1. The maximum atomic E-state index is 6.07. The van der Waals surface area contributed by atoms with Crippen LogP contribution in [0.15, 0.2) is 30.9 Å². The molecule has 0 bridgehead atoms. The fourth-order valence-electron chi connectivity index (χ4n) is 2.82. The molecule has 1 fully saturated rings. The molecule has 0 aliphatic carbocycles. The summed E-state index contributed by atoms with van der Waals surface area (Å²) < 4.78 is 0. The topological polar surface area (TPSA) is 15.3 Å². The van der Waals surface area contributed by atoms with E-state index in [1.54, 1.807) is 0 Å². The third-order valence-electron chi connectivity index (χ3n) is 3.83. The molecular formula is C16H23ClN2. The van der Waals surface area contributed by atoms with Crippen LogP contribution in [0.25, 0.3) is 0 Å². The van der Waals surface area contributed by atoms with Crippen LogP contribution in [0.3, 0.4) is 0 Å². The molecular weight excluding hydrogens is 256 g/mol. The second kappa shape index (κ2) is 7.09. The van der Waals surface area contributed by atoms with Gasteiger partial charge in [0.2, 0.25) is 0 Å². The Labute approximate surface area is 121 Å². The summed E-state index contributed by atoms with van der Waals surface area (Å²) in [5.41, 5.74) is 2.70. The highest BCUT2D eigenvalue weighted by atomic mass is 35.5. The van der Waals surface area contributed by atoms with Crippen molar-refractivity contribution in [2.24, 2.45) is 0 Å². The van der Waals surface area contributed by atoms with Crippen LogP contribution in [0.2, 0.25) is 5.02 Å². The smallest absolute Gasteiger partial charge is 0.0408 e. The first kappa shape index (κ1) is 14.6. The zero-order chi connectivity index (χ0) is 13.7. The van der Waals surface area contributed by atoms with Crippen LogP contribution in [0.1, 0.15) is 30.0 Å². The van der Waals surface area contributed by atoms with E-state index in [2.05, 4.69) is 35.9 Å². The van der Waals surface area contributed by atoms with Crippen LogP contribution in [0.5, 0.6) is 0 Å². The lowest BCUT2D eigenvalue weighted by molar-refractivity contribution is 0.165. The predicted molar refractivity (Wildman–Crippen MR) is 82.8 cm³/mol. The number of hydrogen-bond acceptors (Lipinski definition) is 2. The number of benzene rings is 1.